The molecule has 0 aliphatic heterocycles. The maximum absolute atomic E-state index is 4.85. The number of hydrogen-bond donors (Lipinski definition) is 0. The molecule has 0 fully saturated rings. The summed E-state index contributed by atoms with van der Waals surface area (Å²) in [4.78, 5) is 3.94. The van der Waals surface area contributed by atoms with Crippen LogP contribution in [0.2, 0.25) is 0 Å². The first kappa shape index (κ1) is 11.3. The Balaban J connectivity index is 0.000000461. The summed E-state index contributed by atoms with van der Waals surface area (Å²) in [7, 11) is 4.85. The van der Waals surface area contributed by atoms with Crippen LogP contribution in [0.1, 0.15) is 19.8 Å². The van der Waals surface area contributed by atoms with Crippen LogP contribution in [0, 0.1) is 0 Å². The van der Waals surface area contributed by atoms with Crippen molar-refractivity contribution in [3.8, 4) is 0 Å². The Labute approximate surface area is 84.8 Å². The molecule has 1 rings (SSSR count). The molecule has 64 valence electrons. The van der Waals surface area contributed by atoms with E-state index in [0.29, 0.717) is 21.4 Å². The molecule has 0 bridgehead atoms. The van der Waals surface area contributed by atoms with Crippen LogP contribution in [0.4, 0.5) is 0 Å². The normalized spacial score (nSPS) is 8.91. The van der Waals surface area contributed by atoms with Gasteiger partial charge in [0, 0.05) is 18.9 Å². The van der Waals surface area contributed by atoms with Crippen LogP contribution in [0.25, 0.3) is 0 Å². The van der Waals surface area contributed by atoms with Crippen molar-refractivity contribution in [2.24, 2.45) is 0 Å². The minimum atomic E-state index is 0.422. The van der Waals surface area contributed by atoms with Crippen LogP contribution in [-0.2, 0) is 6.54 Å². The molecule has 0 atom stereocenters. The number of unbranched alkanes of at least 4 members (excludes halogenated alkanes) is 1. The molecule has 11 heavy (non-hydrogen) atoms. The van der Waals surface area contributed by atoms with Crippen LogP contribution >= 0.6 is 8.92 Å². The fourth-order valence-electron chi connectivity index (χ4n) is 0.760. The zero-order chi connectivity index (χ0) is 8.53. The average molecular weight is 281 g/mol. The number of imidazole rings is 1. The van der Waals surface area contributed by atoms with Crippen molar-refractivity contribution < 1.29 is 0 Å². The number of hydrogen-bond acceptors (Lipinski definition) is 1. The second kappa shape index (κ2) is 8.40. The van der Waals surface area contributed by atoms with Gasteiger partial charge in [-0.2, -0.15) is 0 Å². The van der Waals surface area contributed by atoms with Gasteiger partial charge in [-0.1, -0.05) is 13.3 Å². The van der Waals surface area contributed by atoms with Gasteiger partial charge in [-0.15, -0.1) is 0 Å². The number of rotatable bonds is 3. The molecule has 0 saturated heterocycles. The third kappa shape index (κ3) is 5.56. The van der Waals surface area contributed by atoms with Gasteiger partial charge < -0.3 is 4.57 Å². The van der Waals surface area contributed by atoms with E-state index in [1.807, 2.05) is 18.7 Å². The minimum absolute atomic E-state index is 0.422. The number of aryl methyl sites for hydroxylation is 1. The van der Waals surface area contributed by atoms with Crippen LogP contribution in [-0.4, -0.2) is 30.9 Å². The summed E-state index contributed by atoms with van der Waals surface area (Å²) in [6, 6.07) is 0. The molecule has 2 nitrogen and oxygen atoms in total. The second-order valence-electron chi connectivity index (χ2n) is 2.15. The molecule has 0 amide bonds. The van der Waals surface area contributed by atoms with Gasteiger partial charge in [0.05, 0.1) is 6.33 Å². The molecular formula is C7H15ClN2Sn. The molecule has 0 unspecified atom stereocenters. The van der Waals surface area contributed by atoms with Gasteiger partial charge in [-0.3, -0.25) is 0 Å². The summed E-state index contributed by atoms with van der Waals surface area (Å²) in [6.45, 7) is 3.30. The van der Waals surface area contributed by atoms with Gasteiger partial charge in [0.2, 0.25) is 0 Å². The van der Waals surface area contributed by atoms with E-state index in [1.54, 1.807) is 0 Å². The summed E-state index contributed by atoms with van der Waals surface area (Å²) < 4.78 is 2.10. The summed E-state index contributed by atoms with van der Waals surface area (Å²) in [5.41, 5.74) is 0. The first-order valence-corrected chi connectivity index (χ1v) is 11.0. The Morgan fingerprint density at radius 3 is 2.73 bits per heavy atom. The molecule has 1 aromatic heterocycles. The molecular weight excluding hydrogens is 266 g/mol. The average Bonchev–Trinajstić information content (AvgIpc) is 2.57. The molecule has 0 aromatic carbocycles. The zero-order valence-corrected chi connectivity index (χ0v) is 13.6. The van der Waals surface area contributed by atoms with Gasteiger partial charge in [-0.25, -0.2) is 4.98 Å². The summed E-state index contributed by atoms with van der Waals surface area (Å²) in [5.74, 6) is 0. The summed E-state index contributed by atoms with van der Waals surface area (Å²) in [5, 5.41) is 0. The molecule has 0 aliphatic carbocycles. The molecule has 1 heterocycles. The van der Waals surface area contributed by atoms with Gasteiger partial charge in [0.15, 0.2) is 0 Å². The molecule has 0 aliphatic rings. The zero-order valence-electron chi connectivity index (χ0n) is 7.13. The van der Waals surface area contributed by atoms with E-state index < -0.39 is 0 Å². The monoisotopic (exact) mass is 282 g/mol. The second-order valence-corrected chi connectivity index (χ2v) is 2.15. The van der Waals surface area contributed by atoms with Gasteiger partial charge in [-0.05, 0) is 6.42 Å². The Morgan fingerprint density at radius 2 is 2.27 bits per heavy atom. The van der Waals surface area contributed by atoms with Crippen molar-refractivity contribution in [3.63, 3.8) is 0 Å². The van der Waals surface area contributed by atoms with Crippen LogP contribution in [0.3, 0.4) is 0 Å². The fourth-order valence-corrected chi connectivity index (χ4v) is 0.760. The molecule has 0 saturated carbocycles. The predicted molar refractivity (Wildman–Crippen MR) is 52.9 cm³/mol. The third-order valence-electron chi connectivity index (χ3n) is 1.33. The third-order valence-corrected chi connectivity index (χ3v) is 1.33. The van der Waals surface area contributed by atoms with Crippen molar-refractivity contribution in [1.29, 1.82) is 0 Å². The molecule has 4 heteroatoms. The Kier molecular flexibility index (Phi) is 8.62. The van der Waals surface area contributed by atoms with Crippen molar-refractivity contribution in [3.05, 3.63) is 18.7 Å². The van der Waals surface area contributed by atoms with E-state index in [9.17, 15) is 0 Å². The SMILES string of the molecule is CCCCn1ccnc1.[Cl][SnH3]. The van der Waals surface area contributed by atoms with Crippen LogP contribution in [0.15, 0.2) is 18.7 Å². The van der Waals surface area contributed by atoms with Crippen LogP contribution in [0.5, 0.6) is 0 Å². The Bertz CT molecular complexity index is 153. The van der Waals surface area contributed by atoms with E-state index in [1.165, 1.54) is 12.8 Å². The Morgan fingerprint density at radius 1 is 1.55 bits per heavy atom. The van der Waals surface area contributed by atoms with E-state index in [4.69, 9.17) is 8.92 Å². The maximum atomic E-state index is 4.85. The first-order valence-electron chi connectivity index (χ1n) is 3.77. The van der Waals surface area contributed by atoms with E-state index in [-0.39, 0.29) is 0 Å². The molecule has 0 N–H and O–H groups in total. The first-order chi connectivity index (χ1) is 5.43. The van der Waals surface area contributed by atoms with Gasteiger partial charge in [0.1, 0.15) is 0 Å². The molecule has 1 aromatic rings. The van der Waals surface area contributed by atoms with Crippen molar-refractivity contribution in [2.75, 3.05) is 0 Å². The standard InChI is InChI=1S/C7H12N2.ClH.Sn.3H/c1-2-3-5-9-6-4-8-7-9;;;;;/h4,6-7H,2-3,5H2,1H3;1H;;;;/q;;+1;;;/p-1. The van der Waals surface area contributed by atoms with Gasteiger partial charge >= 0.3 is 30.3 Å². The molecule has 0 radical (unpaired) electrons. The number of halogens is 1. The quantitative estimate of drug-likeness (QED) is 0.761. The van der Waals surface area contributed by atoms with E-state index in [2.05, 4.69) is 16.5 Å². The summed E-state index contributed by atoms with van der Waals surface area (Å²) >= 11 is 0.422. The van der Waals surface area contributed by atoms with Crippen LogP contribution < -0.4 is 0 Å². The topological polar surface area (TPSA) is 17.8 Å². The number of nitrogens with zero attached hydrogens (tertiary/aromatic N) is 2. The predicted octanol–water partition coefficient (Wildman–Crippen LogP) is 1.19. The number of aromatic nitrogens is 2. The van der Waals surface area contributed by atoms with E-state index >= 15 is 0 Å². The summed E-state index contributed by atoms with van der Waals surface area (Å²) in [6.07, 6.45) is 8.16. The Hall–Kier alpha value is 0.299. The molecule has 0 spiro atoms. The van der Waals surface area contributed by atoms with E-state index in [0.717, 1.165) is 6.54 Å². The van der Waals surface area contributed by atoms with Crippen molar-refractivity contribution >= 4 is 30.3 Å². The fraction of sp³-hybridized carbons (Fsp3) is 0.571. The van der Waals surface area contributed by atoms with Crippen molar-refractivity contribution in [1.82, 2.24) is 9.55 Å². The van der Waals surface area contributed by atoms with Crippen molar-refractivity contribution in [2.45, 2.75) is 26.3 Å². The van der Waals surface area contributed by atoms with Gasteiger partial charge in [0.25, 0.3) is 0 Å².